The van der Waals surface area contributed by atoms with E-state index in [1.54, 1.807) is 0 Å². The molecule has 0 N–H and O–H groups in total. The number of hydrogen-bond donors (Lipinski definition) is 0. The minimum absolute atomic E-state index is 0.868. The predicted molar refractivity (Wildman–Crippen MR) is 263 cm³/mol. The van der Waals surface area contributed by atoms with Gasteiger partial charge < -0.3 is 18.1 Å². The van der Waals surface area contributed by atoms with Crippen LogP contribution in [0.4, 0.5) is 0 Å². The van der Waals surface area contributed by atoms with Crippen LogP contribution in [0, 0.1) is 0 Å². The second-order valence-electron chi connectivity index (χ2n) is 16.7. The third-order valence-electron chi connectivity index (χ3n) is 13.2. The van der Waals surface area contributed by atoms with Crippen LogP contribution < -0.4 is 0 Å². The third-order valence-corrected chi connectivity index (χ3v) is 13.2. The van der Waals surface area contributed by atoms with Gasteiger partial charge in [-0.3, -0.25) is 9.97 Å². The maximum Gasteiger partial charge on any atom is 0.135 e. The summed E-state index contributed by atoms with van der Waals surface area (Å²) in [6, 6.07) is 67.7. The van der Waals surface area contributed by atoms with E-state index in [-0.39, 0.29) is 0 Å². The van der Waals surface area contributed by atoms with Crippen molar-refractivity contribution >= 4 is 87.4 Å². The Balaban J connectivity index is 0.894. The van der Waals surface area contributed by atoms with Crippen LogP contribution in [0.3, 0.4) is 0 Å². The maximum absolute atomic E-state index is 6.49. The van der Waals surface area contributed by atoms with E-state index in [1.165, 1.54) is 43.4 Å². The van der Waals surface area contributed by atoms with E-state index in [9.17, 15) is 0 Å². The first-order valence-corrected chi connectivity index (χ1v) is 21.6. The second kappa shape index (κ2) is 13.4. The van der Waals surface area contributed by atoms with E-state index in [0.29, 0.717) is 0 Å². The van der Waals surface area contributed by atoms with E-state index >= 15 is 0 Å². The summed E-state index contributed by atoms with van der Waals surface area (Å²) in [4.78, 5) is 9.08. The molecule has 6 nitrogen and oxygen atoms in total. The van der Waals surface area contributed by atoms with Crippen LogP contribution in [0.5, 0.6) is 0 Å². The molecule has 8 aromatic carbocycles. The zero-order valence-electron chi connectivity index (χ0n) is 34.4. The molecule has 0 aliphatic carbocycles. The molecule has 0 atom stereocenters. The van der Waals surface area contributed by atoms with Crippen molar-refractivity contribution in [3.05, 3.63) is 213 Å². The molecule has 0 saturated carbocycles. The van der Waals surface area contributed by atoms with Gasteiger partial charge in [-0.25, -0.2) is 0 Å². The fourth-order valence-electron chi connectivity index (χ4n) is 10.4. The molecule has 6 heteroatoms. The van der Waals surface area contributed by atoms with Crippen molar-refractivity contribution in [2.75, 3.05) is 0 Å². The first kappa shape index (κ1) is 34.9. The van der Waals surface area contributed by atoms with Crippen LogP contribution in [0.1, 0.15) is 0 Å². The molecule has 6 aromatic heterocycles. The van der Waals surface area contributed by atoms with Crippen molar-refractivity contribution in [3.8, 4) is 39.3 Å². The number of rotatable bonds is 5. The van der Waals surface area contributed by atoms with Crippen LogP contribution in [0.15, 0.2) is 217 Å². The van der Waals surface area contributed by atoms with Gasteiger partial charge in [0.1, 0.15) is 11.2 Å². The van der Waals surface area contributed by atoms with Gasteiger partial charge in [0, 0.05) is 61.2 Å². The van der Waals surface area contributed by atoms with Crippen LogP contribution in [0.25, 0.3) is 127 Å². The minimum Gasteiger partial charge on any atom is -0.456 e. The van der Waals surface area contributed by atoms with Crippen molar-refractivity contribution in [3.63, 3.8) is 0 Å². The number of aromatic nitrogens is 5. The van der Waals surface area contributed by atoms with Gasteiger partial charge in [-0.05, 0) is 119 Å². The van der Waals surface area contributed by atoms with Gasteiger partial charge >= 0.3 is 0 Å². The summed E-state index contributed by atoms with van der Waals surface area (Å²) in [7, 11) is 0. The summed E-state index contributed by atoms with van der Waals surface area (Å²) < 4.78 is 13.5. The van der Waals surface area contributed by atoms with Crippen molar-refractivity contribution in [1.82, 2.24) is 23.7 Å². The molecule has 6 heterocycles. The summed E-state index contributed by atoms with van der Waals surface area (Å²) in [5.41, 5.74) is 16.4. The lowest BCUT2D eigenvalue weighted by atomic mass is 10.0. The fraction of sp³-hybridized carbons (Fsp3) is 0. The lowest BCUT2D eigenvalue weighted by Crippen LogP contribution is -1.99. The van der Waals surface area contributed by atoms with E-state index in [2.05, 4.69) is 207 Å². The average Bonchev–Trinajstić information content (AvgIpc) is 4.10. The Morgan fingerprint density at radius 2 is 0.688 bits per heavy atom. The van der Waals surface area contributed by atoms with Crippen molar-refractivity contribution in [2.45, 2.75) is 0 Å². The minimum atomic E-state index is 0.868. The highest BCUT2D eigenvalue weighted by molar-refractivity contribution is 6.14. The van der Waals surface area contributed by atoms with Crippen LogP contribution >= 0.6 is 0 Å². The van der Waals surface area contributed by atoms with E-state index in [0.717, 1.165) is 83.3 Å². The first-order chi connectivity index (χ1) is 31.7. The highest BCUT2D eigenvalue weighted by atomic mass is 16.3. The molecular formula is C58H35N5O. The summed E-state index contributed by atoms with van der Waals surface area (Å²) in [5, 5.41) is 9.45. The van der Waals surface area contributed by atoms with Crippen LogP contribution in [0.2, 0.25) is 0 Å². The molecule has 0 amide bonds. The molecule has 0 unspecified atom stereocenters. The number of nitrogens with zero attached hydrogens (tertiary/aromatic N) is 5. The first-order valence-electron chi connectivity index (χ1n) is 21.6. The molecule has 0 bridgehead atoms. The third kappa shape index (κ3) is 5.08. The summed E-state index contributed by atoms with van der Waals surface area (Å²) in [6.07, 6.45) is 7.64. The standard InChI is InChI=1S/C58H35N5O/c1-5-13-51-43(9-1)44-10-2-6-14-52(44)62(51)41-32-42(35-60-34-41)63-54-16-8-4-12-46(54)48-30-38(18-22-56(48)63)39-19-23-57-49(31-39)50-33-40(20-24-58(50)64-57)61-53-15-7-3-11-45(53)47-29-37(17-21-55(47)61)36-25-27-59-28-26-36/h1-35H. The van der Waals surface area contributed by atoms with E-state index in [4.69, 9.17) is 9.40 Å². The van der Waals surface area contributed by atoms with Gasteiger partial charge in [0.2, 0.25) is 0 Å². The second-order valence-corrected chi connectivity index (χ2v) is 16.7. The molecule has 0 saturated heterocycles. The molecule has 0 spiro atoms. The lowest BCUT2D eigenvalue weighted by Gasteiger charge is -2.12. The monoisotopic (exact) mass is 817 g/mol. The Morgan fingerprint density at radius 3 is 1.23 bits per heavy atom. The average molecular weight is 818 g/mol. The topological polar surface area (TPSA) is 53.7 Å². The van der Waals surface area contributed by atoms with Gasteiger partial charge in [0.25, 0.3) is 0 Å². The summed E-state index contributed by atoms with van der Waals surface area (Å²) in [6.45, 7) is 0. The van der Waals surface area contributed by atoms with Gasteiger partial charge in [-0.15, -0.1) is 0 Å². The number of para-hydroxylation sites is 4. The van der Waals surface area contributed by atoms with E-state index in [1.807, 2.05) is 24.8 Å². The molecule has 14 aromatic rings. The quantitative estimate of drug-likeness (QED) is 0.174. The van der Waals surface area contributed by atoms with Crippen molar-refractivity contribution in [2.24, 2.45) is 0 Å². The lowest BCUT2D eigenvalue weighted by molar-refractivity contribution is 0.669. The molecule has 64 heavy (non-hydrogen) atoms. The Kier molecular flexibility index (Phi) is 7.30. The SMILES string of the molecule is c1ccc2c(c1)c1ccccc1n2-c1cncc(-n2c3ccccc3c3cc(-c4ccc5oc6ccc(-n7c8ccccc8c8cc(-c9ccncc9)ccc87)cc6c5c4)ccc32)c1. The number of furan rings is 1. The molecule has 0 aliphatic rings. The summed E-state index contributed by atoms with van der Waals surface area (Å²) in [5.74, 6) is 0. The van der Waals surface area contributed by atoms with Crippen molar-refractivity contribution < 1.29 is 4.42 Å². The Hall–Kier alpha value is -8.74. The fourth-order valence-corrected chi connectivity index (χ4v) is 10.4. The normalized spacial score (nSPS) is 12.1. The molecular weight excluding hydrogens is 783 g/mol. The molecule has 0 fully saturated rings. The maximum atomic E-state index is 6.49. The molecule has 298 valence electrons. The molecule has 0 radical (unpaired) electrons. The van der Waals surface area contributed by atoms with Gasteiger partial charge in [-0.2, -0.15) is 0 Å². The number of benzene rings is 8. The molecule has 0 aliphatic heterocycles. The predicted octanol–water partition coefficient (Wildman–Crippen LogP) is 15.0. The zero-order chi connectivity index (χ0) is 41.9. The Morgan fingerprint density at radius 1 is 0.281 bits per heavy atom. The Bertz CT molecular complexity index is 4150. The van der Waals surface area contributed by atoms with Crippen molar-refractivity contribution in [1.29, 1.82) is 0 Å². The van der Waals surface area contributed by atoms with Gasteiger partial charge in [0.15, 0.2) is 0 Å². The highest BCUT2D eigenvalue weighted by Gasteiger charge is 2.19. The molecule has 14 rings (SSSR count). The zero-order valence-corrected chi connectivity index (χ0v) is 34.4. The van der Waals surface area contributed by atoms with E-state index < -0.39 is 0 Å². The number of fused-ring (bicyclic) bond motifs is 12. The van der Waals surface area contributed by atoms with Crippen LogP contribution in [-0.2, 0) is 0 Å². The Labute approximate surface area is 366 Å². The van der Waals surface area contributed by atoms with Gasteiger partial charge in [0.05, 0.1) is 56.9 Å². The summed E-state index contributed by atoms with van der Waals surface area (Å²) >= 11 is 0. The highest BCUT2D eigenvalue weighted by Crippen LogP contribution is 2.40. The number of pyridine rings is 2. The number of hydrogen-bond acceptors (Lipinski definition) is 3. The van der Waals surface area contributed by atoms with Gasteiger partial charge in [-0.1, -0.05) is 91.0 Å². The largest absolute Gasteiger partial charge is 0.456 e. The van der Waals surface area contributed by atoms with Crippen LogP contribution in [-0.4, -0.2) is 23.7 Å². The smallest absolute Gasteiger partial charge is 0.135 e.